The van der Waals surface area contributed by atoms with Crippen LogP contribution < -0.4 is 15.4 Å². The van der Waals surface area contributed by atoms with E-state index in [4.69, 9.17) is 4.74 Å². The molecule has 0 bridgehead atoms. The lowest BCUT2D eigenvalue weighted by atomic mass is 9.77. The summed E-state index contributed by atoms with van der Waals surface area (Å²) in [6.07, 6.45) is 0. The molecular formula is C13H15N3O2. The van der Waals surface area contributed by atoms with Gasteiger partial charge in [0.25, 0.3) is 5.91 Å². The van der Waals surface area contributed by atoms with E-state index >= 15 is 0 Å². The van der Waals surface area contributed by atoms with Crippen LogP contribution >= 0.6 is 0 Å². The topological polar surface area (TPSA) is 62.7 Å². The van der Waals surface area contributed by atoms with Gasteiger partial charge in [-0.15, -0.1) is 0 Å². The van der Waals surface area contributed by atoms with Crippen LogP contribution in [0.3, 0.4) is 0 Å². The molecule has 1 saturated heterocycles. The third kappa shape index (κ3) is 1.27. The number of guanidine groups is 1. The first kappa shape index (κ1) is 11.1. The SMILES string of the molecule is CN=C1NC(=O)C2(N1)c1ccccc1OCC2C. The van der Waals surface area contributed by atoms with Crippen molar-refractivity contribution in [3.63, 3.8) is 0 Å². The van der Waals surface area contributed by atoms with Crippen LogP contribution in [0.15, 0.2) is 29.3 Å². The maximum Gasteiger partial charge on any atom is 0.257 e. The highest BCUT2D eigenvalue weighted by atomic mass is 16.5. The zero-order valence-corrected chi connectivity index (χ0v) is 10.4. The van der Waals surface area contributed by atoms with E-state index in [0.29, 0.717) is 12.6 Å². The minimum atomic E-state index is -0.760. The standard InChI is InChI=1S/C13H15N3O2/c1-8-7-18-10-6-4-3-5-9(10)13(8)11(17)15-12(14-2)16-13/h3-6,8H,7H2,1-2H3,(H2,14,15,16,17). The van der Waals surface area contributed by atoms with Crippen LogP contribution in [0, 0.1) is 5.92 Å². The van der Waals surface area contributed by atoms with Crippen LogP contribution in [0.5, 0.6) is 5.75 Å². The molecule has 0 aromatic heterocycles. The van der Waals surface area contributed by atoms with Crippen LogP contribution in [0.25, 0.3) is 0 Å². The van der Waals surface area contributed by atoms with E-state index in [0.717, 1.165) is 11.3 Å². The van der Waals surface area contributed by atoms with E-state index in [1.807, 2.05) is 31.2 Å². The number of benzene rings is 1. The van der Waals surface area contributed by atoms with Gasteiger partial charge in [-0.1, -0.05) is 25.1 Å². The van der Waals surface area contributed by atoms with E-state index < -0.39 is 5.54 Å². The Morgan fingerprint density at radius 3 is 2.94 bits per heavy atom. The Hall–Kier alpha value is -2.04. The fourth-order valence-electron chi connectivity index (χ4n) is 2.65. The van der Waals surface area contributed by atoms with Crippen molar-refractivity contribution in [2.24, 2.45) is 10.9 Å². The summed E-state index contributed by atoms with van der Waals surface area (Å²) in [5.74, 6) is 1.25. The molecule has 3 rings (SSSR count). The summed E-state index contributed by atoms with van der Waals surface area (Å²) in [6, 6.07) is 7.64. The quantitative estimate of drug-likeness (QED) is 0.704. The molecule has 2 aliphatic rings. The Kier molecular flexibility index (Phi) is 2.29. The molecule has 5 heteroatoms. The van der Waals surface area contributed by atoms with Crippen molar-refractivity contribution < 1.29 is 9.53 Å². The van der Waals surface area contributed by atoms with Gasteiger partial charge in [0.2, 0.25) is 0 Å². The monoisotopic (exact) mass is 245 g/mol. The van der Waals surface area contributed by atoms with Crippen molar-refractivity contribution >= 4 is 11.9 Å². The van der Waals surface area contributed by atoms with Crippen molar-refractivity contribution in [2.45, 2.75) is 12.5 Å². The van der Waals surface area contributed by atoms with Crippen molar-refractivity contribution in [1.29, 1.82) is 0 Å². The molecule has 1 aromatic carbocycles. The third-order valence-corrected chi connectivity index (χ3v) is 3.67. The van der Waals surface area contributed by atoms with Crippen molar-refractivity contribution in [2.75, 3.05) is 13.7 Å². The largest absolute Gasteiger partial charge is 0.493 e. The Morgan fingerprint density at radius 2 is 2.22 bits per heavy atom. The third-order valence-electron chi connectivity index (χ3n) is 3.67. The molecule has 2 N–H and O–H groups in total. The first-order valence-corrected chi connectivity index (χ1v) is 5.97. The minimum absolute atomic E-state index is 0.0339. The lowest BCUT2D eigenvalue weighted by Crippen LogP contribution is -2.53. The number of ether oxygens (including phenoxy) is 1. The number of carbonyl (C=O) groups is 1. The minimum Gasteiger partial charge on any atom is -0.493 e. The molecule has 5 nitrogen and oxygen atoms in total. The predicted molar refractivity (Wildman–Crippen MR) is 67.4 cm³/mol. The van der Waals surface area contributed by atoms with Gasteiger partial charge in [0.15, 0.2) is 11.5 Å². The van der Waals surface area contributed by atoms with Crippen molar-refractivity contribution in [3.05, 3.63) is 29.8 Å². The average molecular weight is 245 g/mol. The second kappa shape index (κ2) is 3.73. The zero-order valence-electron chi connectivity index (χ0n) is 10.4. The molecule has 2 atom stereocenters. The molecule has 18 heavy (non-hydrogen) atoms. The number of hydrogen-bond donors (Lipinski definition) is 2. The van der Waals surface area contributed by atoms with Gasteiger partial charge in [0.05, 0.1) is 6.61 Å². The maximum absolute atomic E-state index is 12.4. The Labute approximate surface area is 105 Å². The molecule has 2 aliphatic heterocycles. The number of fused-ring (bicyclic) bond motifs is 2. The average Bonchev–Trinajstić information content (AvgIpc) is 2.73. The summed E-state index contributed by atoms with van der Waals surface area (Å²) < 4.78 is 5.68. The van der Waals surface area contributed by atoms with Crippen molar-refractivity contribution in [3.8, 4) is 5.75 Å². The second-order valence-electron chi connectivity index (χ2n) is 4.67. The van der Waals surface area contributed by atoms with Gasteiger partial charge in [0, 0.05) is 18.5 Å². The first-order valence-electron chi connectivity index (χ1n) is 5.97. The number of carbonyl (C=O) groups excluding carboxylic acids is 1. The predicted octanol–water partition coefficient (Wildman–Crippen LogP) is 0.616. The molecule has 0 saturated carbocycles. The van der Waals surface area contributed by atoms with E-state index in [-0.39, 0.29) is 11.8 Å². The summed E-state index contributed by atoms with van der Waals surface area (Å²) in [5, 5.41) is 6.00. The van der Waals surface area contributed by atoms with Gasteiger partial charge in [-0.05, 0) is 6.07 Å². The molecule has 0 aliphatic carbocycles. The van der Waals surface area contributed by atoms with Crippen LogP contribution in [0.4, 0.5) is 0 Å². The van der Waals surface area contributed by atoms with Crippen LogP contribution in [0.2, 0.25) is 0 Å². The van der Waals surface area contributed by atoms with Gasteiger partial charge >= 0.3 is 0 Å². The molecule has 1 fully saturated rings. The zero-order chi connectivity index (χ0) is 12.8. The van der Waals surface area contributed by atoms with Gasteiger partial charge in [-0.25, -0.2) is 0 Å². The molecule has 2 heterocycles. The van der Waals surface area contributed by atoms with Crippen LogP contribution in [-0.4, -0.2) is 25.5 Å². The smallest absolute Gasteiger partial charge is 0.257 e. The number of para-hydroxylation sites is 1. The summed E-state index contributed by atoms with van der Waals surface area (Å²) >= 11 is 0. The Bertz CT molecular complexity index is 541. The lowest BCUT2D eigenvalue weighted by molar-refractivity contribution is -0.127. The number of amides is 1. The van der Waals surface area contributed by atoms with Crippen LogP contribution in [-0.2, 0) is 10.3 Å². The van der Waals surface area contributed by atoms with Gasteiger partial charge < -0.3 is 10.1 Å². The molecular weight excluding hydrogens is 230 g/mol. The number of hydrogen-bond acceptors (Lipinski definition) is 3. The number of aliphatic imine (C=N–C) groups is 1. The molecule has 2 unspecified atom stereocenters. The molecule has 94 valence electrons. The highest BCUT2D eigenvalue weighted by Gasteiger charge is 2.54. The summed E-state index contributed by atoms with van der Waals surface area (Å²) in [4.78, 5) is 16.4. The Morgan fingerprint density at radius 1 is 1.44 bits per heavy atom. The van der Waals surface area contributed by atoms with E-state index in [1.54, 1.807) is 7.05 Å². The molecule has 0 radical (unpaired) electrons. The normalized spacial score (nSPS) is 31.8. The first-order chi connectivity index (χ1) is 8.68. The van der Waals surface area contributed by atoms with E-state index in [9.17, 15) is 4.79 Å². The van der Waals surface area contributed by atoms with Crippen LogP contribution in [0.1, 0.15) is 12.5 Å². The van der Waals surface area contributed by atoms with Gasteiger partial charge in [0.1, 0.15) is 5.75 Å². The highest BCUT2D eigenvalue weighted by Crippen LogP contribution is 2.41. The fraction of sp³-hybridized carbons (Fsp3) is 0.385. The van der Waals surface area contributed by atoms with Gasteiger partial charge in [-0.3, -0.25) is 15.1 Å². The number of nitrogens with one attached hydrogen (secondary N) is 2. The van der Waals surface area contributed by atoms with Crippen molar-refractivity contribution in [1.82, 2.24) is 10.6 Å². The molecule has 1 spiro atoms. The second-order valence-corrected chi connectivity index (χ2v) is 4.67. The highest BCUT2D eigenvalue weighted by molar-refractivity contribution is 6.10. The summed E-state index contributed by atoms with van der Waals surface area (Å²) in [7, 11) is 1.65. The Balaban J connectivity index is 2.19. The lowest BCUT2D eigenvalue weighted by Gasteiger charge is -2.38. The summed E-state index contributed by atoms with van der Waals surface area (Å²) in [5.41, 5.74) is 0.115. The number of nitrogens with zero attached hydrogens (tertiary/aromatic N) is 1. The van der Waals surface area contributed by atoms with Gasteiger partial charge in [-0.2, -0.15) is 0 Å². The van der Waals surface area contributed by atoms with E-state index in [1.165, 1.54) is 0 Å². The molecule has 1 aromatic rings. The number of rotatable bonds is 0. The molecule has 1 amide bonds. The fourth-order valence-corrected chi connectivity index (χ4v) is 2.65. The summed E-state index contributed by atoms with van der Waals surface area (Å²) in [6.45, 7) is 2.51. The maximum atomic E-state index is 12.4. The van der Waals surface area contributed by atoms with E-state index in [2.05, 4.69) is 15.6 Å².